The predicted octanol–water partition coefficient (Wildman–Crippen LogP) is 5.48. The monoisotopic (exact) mass is 530 g/mol. The second-order valence-corrected chi connectivity index (χ2v) is 9.15. The summed E-state index contributed by atoms with van der Waals surface area (Å²) in [5, 5.41) is 4.38. The molecule has 6 nitrogen and oxygen atoms in total. The lowest BCUT2D eigenvalue weighted by Gasteiger charge is -2.14. The number of nitrogens with zero attached hydrogens (tertiary/aromatic N) is 2. The second-order valence-electron chi connectivity index (χ2n) is 9.15. The van der Waals surface area contributed by atoms with E-state index in [1.165, 1.54) is 35.0 Å². The van der Waals surface area contributed by atoms with Crippen LogP contribution in [-0.4, -0.2) is 21.6 Å². The standard InChI is InChI=1S/C24H21F7N4O2/c1-22(2,3)19-11-18(35(34-19)12-13-4-6-17(25)7-5-13)21(37)33-32-20(36)14-8-15(23(26,27)28)10-16(9-14)24(29,30)31/h4-11H,12H2,1-3H3,(H,32,36)(H,33,37). The van der Waals surface area contributed by atoms with Crippen LogP contribution in [0.25, 0.3) is 0 Å². The Bertz CT molecular complexity index is 1270. The zero-order chi connectivity index (χ0) is 27.8. The molecule has 2 N–H and O–H groups in total. The quantitative estimate of drug-likeness (QED) is 0.347. The highest BCUT2D eigenvalue weighted by atomic mass is 19.4. The summed E-state index contributed by atoms with van der Waals surface area (Å²) in [4.78, 5) is 25.2. The van der Waals surface area contributed by atoms with Crippen LogP contribution in [0, 0.1) is 5.82 Å². The van der Waals surface area contributed by atoms with Gasteiger partial charge in [0.15, 0.2) is 0 Å². The molecule has 0 saturated heterocycles. The van der Waals surface area contributed by atoms with Crippen molar-refractivity contribution in [2.45, 2.75) is 45.1 Å². The van der Waals surface area contributed by atoms with Crippen LogP contribution in [0.4, 0.5) is 30.7 Å². The van der Waals surface area contributed by atoms with E-state index in [4.69, 9.17) is 0 Å². The Morgan fingerprint density at radius 2 is 1.32 bits per heavy atom. The average molecular weight is 530 g/mol. The zero-order valence-corrected chi connectivity index (χ0v) is 19.7. The number of benzene rings is 2. The normalized spacial score (nSPS) is 12.4. The second kappa shape index (κ2) is 9.87. The number of aromatic nitrogens is 2. The molecule has 0 spiro atoms. The van der Waals surface area contributed by atoms with Crippen molar-refractivity contribution in [2.24, 2.45) is 0 Å². The lowest BCUT2D eigenvalue weighted by atomic mass is 9.92. The number of rotatable bonds is 4. The molecule has 0 atom stereocenters. The Hall–Kier alpha value is -3.90. The van der Waals surface area contributed by atoms with E-state index in [2.05, 4.69) is 5.10 Å². The Labute approximate surface area is 206 Å². The van der Waals surface area contributed by atoms with Gasteiger partial charge in [-0.1, -0.05) is 32.9 Å². The van der Waals surface area contributed by atoms with Crippen molar-refractivity contribution >= 4 is 11.8 Å². The topological polar surface area (TPSA) is 76.0 Å². The number of halogens is 7. The molecule has 37 heavy (non-hydrogen) atoms. The molecule has 2 amide bonds. The molecule has 0 aliphatic carbocycles. The summed E-state index contributed by atoms with van der Waals surface area (Å²) in [6.45, 7) is 5.52. The van der Waals surface area contributed by atoms with Gasteiger partial charge >= 0.3 is 12.4 Å². The third-order valence-corrected chi connectivity index (χ3v) is 5.17. The summed E-state index contributed by atoms with van der Waals surface area (Å²) in [7, 11) is 0. The molecule has 2 aromatic carbocycles. The highest BCUT2D eigenvalue weighted by Crippen LogP contribution is 2.36. The van der Waals surface area contributed by atoms with E-state index in [1.807, 2.05) is 31.6 Å². The van der Waals surface area contributed by atoms with Crippen LogP contribution in [-0.2, 0) is 24.3 Å². The van der Waals surface area contributed by atoms with E-state index < -0.39 is 52.1 Å². The van der Waals surface area contributed by atoms with Crippen molar-refractivity contribution in [3.05, 3.63) is 88.0 Å². The van der Waals surface area contributed by atoms with Crippen molar-refractivity contribution in [1.29, 1.82) is 0 Å². The zero-order valence-electron chi connectivity index (χ0n) is 19.7. The van der Waals surface area contributed by atoms with Gasteiger partial charge in [-0.3, -0.25) is 25.1 Å². The van der Waals surface area contributed by atoms with E-state index in [-0.39, 0.29) is 30.4 Å². The fraction of sp³-hybridized carbons (Fsp3) is 0.292. The van der Waals surface area contributed by atoms with Gasteiger partial charge < -0.3 is 0 Å². The molecule has 0 fully saturated rings. The fourth-order valence-corrected chi connectivity index (χ4v) is 3.19. The van der Waals surface area contributed by atoms with Gasteiger partial charge in [-0.15, -0.1) is 0 Å². The van der Waals surface area contributed by atoms with Crippen molar-refractivity contribution in [3.63, 3.8) is 0 Å². The van der Waals surface area contributed by atoms with E-state index in [0.717, 1.165) is 0 Å². The number of hydrogen-bond acceptors (Lipinski definition) is 3. The van der Waals surface area contributed by atoms with Gasteiger partial charge in [0.25, 0.3) is 11.8 Å². The van der Waals surface area contributed by atoms with Gasteiger partial charge in [0.05, 0.1) is 23.4 Å². The van der Waals surface area contributed by atoms with Crippen molar-refractivity contribution in [3.8, 4) is 0 Å². The van der Waals surface area contributed by atoms with E-state index >= 15 is 0 Å². The largest absolute Gasteiger partial charge is 0.416 e. The van der Waals surface area contributed by atoms with Crippen molar-refractivity contribution < 1.29 is 40.3 Å². The van der Waals surface area contributed by atoms with Crippen molar-refractivity contribution in [1.82, 2.24) is 20.6 Å². The molecule has 3 rings (SSSR count). The Morgan fingerprint density at radius 3 is 1.81 bits per heavy atom. The highest BCUT2D eigenvalue weighted by Gasteiger charge is 2.37. The van der Waals surface area contributed by atoms with E-state index in [1.54, 1.807) is 0 Å². The third kappa shape index (κ3) is 6.86. The van der Waals surface area contributed by atoms with Crippen LogP contribution in [0.2, 0.25) is 0 Å². The minimum Gasteiger partial charge on any atom is -0.267 e. The summed E-state index contributed by atoms with van der Waals surface area (Å²) >= 11 is 0. The molecule has 0 aliphatic heterocycles. The first-order valence-corrected chi connectivity index (χ1v) is 10.7. The molecule has 1 aromatic heterocycles. The SMILES string of the molecule is CC(C)(C)c1cc(C(=O)NNC(=O)c2cc(C(F)(F)F)cc(C(F)(F)F)c2)n(Cc2ccc(F)cc2)n1. The van der Waals surface area contributed by atoms with E-state index in [0.29, 0.717) is 11.3 Å². The first-order valence-electron chi connectivity index (χ1n) is 10.7. The third-order valence-electron chi connectivity index (χ3n) is 5.17. The smallest absolute Gasteiger partial charge is 0.267 e. The van der Waals surface area contributed by atoms with Crippen LogP contribution in [0.3, 0.4) is 0 Å². The van der Waals surface area contributed by atoms with Crippen LogP contribution >= 0.6 is 0 Å². The number of carbonyl (C=O) groups excluding carboxylic acids is 2. The lowest BCUT2D eigenvalue weighted by molar-refractivity contribution is -0.143. The van der Waals surface area contributed by atoms with Gasteiger partial charge in [0.1, 0.15) is 11.5 Å². The molecular formula is C24H21F7N4O2. The van der Waals surface area contributed by atoms with E-state index in [9.17, 15) is 40.3 Å². The molecule has 3 aromatic rings. The highest BCUT2D eigenvalue weighted by molar-refractivity contribution is 5.98. The van der Waals surface area contributed by atoms with Gasteiger partial charge in [0, 0.05) is 11.0 Å². The molecule has 0 unspecified atom stereocenters. The number of alkyl halides is 6. The average Bonchev–Trinajstić information content (AvgIpc) is 3.22. The molecule has 13 heteroatoms. The predicted molar refractivity (Wildman–Crippen MR) is 118 cm³/mol. The van der Waals surface area contributed by atoms with Crippen LogP contribution in [0.15, 0.2) is 48.5 Å². The Kier molecular flexibility index (Phi) is 7.38. The molecule has 0 aliphatic rings. The lowest BCUT2D eigenvalue weighted by Crippen LogP contribution is -2.42. The van der Waals surface area contributed by atoms with Crippen LogP contribution in [0.1, 0.15) is 64.0 Å². The van der Waals surface area contributed by atoms with Crippen LogP contribution in [0.5, 0.6) is 0 Å². The van der Waals surface area contributed by atoms with Gasteiger partial charge in [0.2, 0.25) is 0 Å². The fourth-order valence-electron chi connectivity index (χ4n) is 3.19. The maximum atomic E-state index is 13.2. The molecule has 1 heterocycles. The molecular weight excluding hydrogens is 509 g/mol. The first-order chi connectivity index (χ1) is 16.9. The maximum Gasteiger partial charge on any atom is 0.416 e. The summed E-state index contributed by atoms with van der Waals surface area (Å²) in [6, 6.07) is 7.18. The number of hydrazine groups is 1. The van der Waals surface area contributed by atoms with Gasteiger partial charge in [-0.25, -0.2) is 4.39 Å². The van der Waals surface area contributed by atoms with Gasteiger partial charge in [-0.05, 0) is 42.0 Å². The van der Waals surface area contributed by atoms with Crippen molar-refractivity contribution in [2.75, 3.05) is 0 Å². The van der Waals surface area contributed by atoms with Gasteiger partial charge in [-0.2, -0.15) is 31.4 Å². The maximum absolute atomic E-state index is 13.2. The van der Waals surface area contributed by atoms with Crippen LogP contribution < -0.4 is 10.9 Å². The number of amides is 2. The minimum atomic E-state index is -5.14. The Balaban J connectivity index is 1.86. The molecule has 0 radical (unpaired) electrons. The molecule has 0 saturated carbocycles. The number of nitrogens with one attached hydrogen (secondary N) is 2. The summed E-state index contributed by atoms with van der Waals surface area (Å²) in [6.07, 6.45) is -10.3. The summed E-state index contributed by atoms with van der Waals surface area (Å²) < 4.78 is 93.0. The Morgan fingerprint density at radius 1 is 0.811 bits per heavy atom. The number of hydrogen-bond donors (Lipinski definition) is 2. The number of carbonyl (C=O) groups is 2. The first kappa shape index (κ1) is 27.7. The summed E-state index contributed by atoms with van der Waals surface area (Å²) in [5.74, 6) is -2.80. The molecule has 198 valence electrons. The summed E-state index contributed by atoms with van der Waals surface area (Å²) in [5.41, 5.74) is 0.0309. The minimum absolute atomic E-state index is 0.0373. The molecule has 0 bridgehead atoms.